The molecule has 1 aliphatic heterocycles. The summed E-state index contributed by atoms with van der Waals surface area (Å²) < 4.78 is 12.7. The van der Waals surface area contributed by atoms with Gasteiger partial charge in [-0.25, -0.2) is 4.68 Å². The molecule has 3 aromatic carbocycles. The summed E-state index contributed by atoms with van der Waals surface area (Å²) in [6.45, 7) is 2.58. The number of morpholine rings is 1. The summed E-state index contributed by atoms with van der Waals surface area (Å²) >= 11 is 0. The molecule has 1 amide bonds. The number of hydrogen-bond acceptors (Lipinski definition) is 6. The Bertz CT molecular complexity index is 1370. The summed E-state index contributed by atoms with van der Waals surface area (Å²) in [7, 11) is 0. The molecule has 182 valence electrons. The van der Waals surface area contributed by atoms with Crippen molar-refractivity contribution < 1.29 is 14.3 Å². The van der Waals surface area contributed by atoms with Crippen LogP contribution in [-0.4, -0.2) is 46.9 Å². The summed E-state index contributed by atoms with van der Waals surface area (Å²) in [6.07, 6.45) is 1.54. The second kappa shape index (κ2) is 10.9. The maximum atomic E-state index is 13.5. The van der Waals surface area contributed by atoms with E-state index < -0.39 is 0 Å². The third kappa shape index (κ3) is 5.45. The quantitative estimate of drug-likeness (QED) is 0.423. The summed E-state index contributed by atoms with van der Waals surface area (Å²) in [5, 5.41) is 7.53. The smallest absolute Gasteiger partial charge is 0.294 e. The number of nitrogens with zero attached hydrogens (tertiary/aromatic N) is 3. The summed E-state index contributed by atoms with van der Waals surface area (Å²) in [6, 6.07) is 26.0. The van der Waals surface area contributed by atoms with E-state index in [1.54, 1.807) is 29.2 Å². The molecule has 1 N–H and O–H groups in total. The number of carbonyl (C=O) groups excluding carboxylic acids is 1. The highest BCUT2D eigenvalue weighted by molar-refractivity contribution is 5.94. The van der Waals surface area contributed by atoms with Crippen molar-refractivity contribution in [2.24, 2.45) is 0 Å². The van der Waals surface area contributed by atoms with E-state index in [0.717, 1.165) is 5.56 Å². The van der Waals surface area contributed by atoms with Crippen LogP contribution >= 0.6 is 0 Å². The van der Waals surface area contributed by atoms with Gasteiger partial charge in [-0.05, 0) is 42.0 Å². The molecule has 8 heteroatoms. The molecule has 0 aliphatic carbocycles. The Morgan fingerprint density at radius 2 is 1.58 bits per heavy atom. The zero-order chi connectivity index (χ0) is 24.7. The minimum atomic E-state index is -0.319. The van der Waals surface area contributed by atoms with Crippen LogP contribution in [0.3, 0.4) is 0 Å². The molecule has 2 heterocycles. The van der Waals surface area contributed by atoms with E-state index in [4.69, 9.17) is 9.47 Å². The fourth-order valence-electron chi connectivity index (χ4n) is 3.94. The second-order valence-electron chi connectivity index (χ2n) is 8.35. The topological polar surface area (TPSA) is 85.7 Å². The molecule has 1 saturated heterocycles. The van der Waals surface area contributed by atoms with Gasteiger partial charge in [0.05, 0.1) is 26.0 Å². The first-order chi connectivity index (χ1) is 17.7. The Hall–Kier alpha value is -4.43. The fraction of sp³-hybridized carbons (Fsp3) is 0.179. The van der Waals surface area contributed by atoms with E-state index >= 15 is 0 Å². The second-order valence-corrected chi connectivity index (χ2v) is 8.35. The van der Waals surface area contributed by atoms with Crippen molar-refractivity contribution >= 4 is 17.3 Å². The van der Waals surface area contributed by atoms with E-state index in [2.05, 4.69) is 10.4 Å². The van der Waals surface area contributed by atoms with Crippen molar-refractivity contribution in [3.63, 3.8) is 0 Å². The molecule has 0 unspecified atom stereocenters. The number of rotatable bonds is 7. The predicted octanol–water partition coefficient (Wildman–Crippen LogP) is 4.30. The zero-order valence-corrected chi connectivity index (χ0v) is 19.7. The number of nitrogens with one attached hydrogen (secondary N) is 1. The molecule has 0 radical (unpaired) electrons. The molecule has 0 saturated carbocycles. The third-order valence-corrected chi connectivity index (χ3v) is 5.85. The van der Waals surface area contributed by atoms with Crippen LogP contribution < -0.4 is 15.6 Å². The highest BCUT2D eigenvalue weighted by Gasteiger charge is 2.19. The molecule has 0 bridgehead atoms. The van der Waals surface area contributed by atoms with Crippen molar-refractivity contribution in [3.05, 3.63) is 113 Å². The van der Waals surface area contributed by atoms with Crippen LogP contribution in [-0.2, 0) is 11.3 Å². The van der Waals surface area contributed by atoms with Gasteiger partial charge in [0, 0.05) is 24.3 Å². The van der Waals surface area contributed by atoms with Crippen LogP contribution in [0.4, 0.5) is 11.4 Å². The molecule has 4 aromatic rings. The maximum absolute atomic E-state index is 13.5. The van der Waals surface area contributed by atoms with Gasteiger partial charge in [-0.3, -0.25) is 9.59 Å². The normalized spacial score (nSPS) is 13.3. The molecular weight excluding hydrogens is 456 g/mol. The maximum Gasteiger partial charge on any atom is 0.294 e. The number of amides is 1. The van der Waals surface area contributed by atoms with Gasteiger partial charge >= 0.3 is 0 Å². The van der Waals surface area contributed by atoms with Gasteiger partial charge in [-0.15, -0.1) is 0 Å². The minimum absolute atomic E-state index is 0.0351. The molecule has 1 fully saturated rings. The lowest BCUT2D eigenvalue weighted by Crippen LogP contribution is -2.40. The molecule has 36 heavy (non-hydrogen) atoms. The van der Waals surface area contributed by atoms with Gasteiger partial charge in [0.2, 0.25) is 0 Å². The predicted molar refractivity (Wildman–Crippen MR) is 137 cm³/mol. The highest BCUT2D eigenvalue weighted by Crippen LogP contribution is 2.28. The van der Waals surface area contributed by atoms with E-state index in [1.807, 2.05) is 60.7 Å². The number of carbonyl (C=O) groups is 1. The van der Waals surface area contributed by atoms with E-state index in [0.29, 0.717) is 55.6 Å². The molecule has 0 atom stereocenters. The molecule has 8 nitrogen and oxygen atoms in total. The lowest BCUT2D eigenvalue weighted by atomic mass is 10.1. The largest absolute Gasteiger partial charge is 0.453 e. The standard InChI is InChI=1S/C28H26N4O4/c33-27(31-15-17-35-18-16-31)22-11-13-23(14-12-22)30-26-25(36-24-9-5-2-6-10-24)19-29-32(28(26)34)20-21-7-3-1-4-8-21/h1-14,19,30H,15-18,20H2. The lowest BCUT2D eigenvalue weighted by Gasteiger charge is -2.26. The van der Waals surface area contributed by atoms with Crippen molar-refractivity contribution in [2.45, 2.75) is 6.54 Å². The average Bonchev–Trinajstić information content (AvgIpc) is 2.94. The first-order valence-electron chi connectivity index (χ1n) is 11.8. The van der Waals surface area contributed by atoms with Crippen molar-refractivity contribution in [1.82, 2.24) is 14.7 Å². The number of ether oxygens (including phenoxy) is 2. The van der Waals surface area contributed by atoms with Crippen LogP contribution in [0.2, 0.25) is 0 Å². The van der Waals surface area contributed by atoms with Gasteiger partial charge < -0.3 is 19.7 Å². The average molecular weight is 483 g/mol. The van der Waals surface area contributed by atoms with Gasteiger partial charge in [0.15, 0.2) is 11.4 Å². The summed E-state index contributed by atoms with van der Waals surface area (Å²) in [5.41, 5.74) is 2.14. The zero-order valence-electron chi connectivity index (χ0n) is 19.7. The molecule has 5 rings (SSSR count). The van der Waals surface area contributed by atoms with Crippen LogP contribution in [0.15, 0.2) is 95.9 Å². The van der Waals surface area contributed by atoms with Crippen LogP contribution in [0.5, 0.6) is 11.5 Å². The van der Waals surface area contributed by atoms with Crippen molar-refractivity contribution in [1.29, 1.82) is 0 Å². The monoisotopic (exact) mass is 482 g/mol. The Morgan fingerprint density at radius 3 is 2.28 bits per heavy atom. The number of hydrogen-bond donors (Lipinski definition) is 1. The van der Waals surface area contributed by atoms with Gasteiger partial charge in [0.25, 0.3) is 11.5 Å². The number of para-hydroxylation sites is 1. The molecule has 1 aromatic heterocycles. The minimum Gasteiger partial charge on any atom is -0.453 e. The fourth-order valence-corrected chi connectivity index (χ4v) is 3.94. The van der Waals surface area contributed by atoms with Crippen molar-refractivity contribution in [2.75, 3.05) is 31.6 Å². The lowest BCUT2D eigenvalue weighted by molar-refractivity contribution is 0.0303. The third-order valence-electron chi connectivity index (χ3n) is 5.85. The van der Waals surface area contributed by atoms with E-state index in [1.165, 1.54) is 10.9 Å². The van der Waals surface area contributed by atoms with Gasteiger partial charge in [0.1, 0.15) is 5.75 Å². The Labute approximate surface area is 208 Å². The van der Waals surface area contributed by atoms with E-state index in [9.17, 15) is 9.59 Å². The highest BCUT2D eigenvalue weighted by atomic mass is 16.5. The van der Waals surface area contributed by atoms with Gasteiger partial charge in [-0.1, -0.05) is 48.5 Å². The first kappa shape index (κ1) is 23.3. The Morgan fingerprint density at radius 1 is 0.917 bits per heavy atom. The molecular formula is C28H26N4O4. The van der Waals surface area contributed by atoms with Crippen molar-refractivity contribution in [3.8, 4) is 11.5 Å². The first-order valence-corrected chi connectivity index (χ1v) is 11.8. The Balaban J connectivity index is 1.42. The van der Waals surface area contributed by atoms with Crippen LogP contribution in [0.1, 0.15) is 15.9 Å². The summed E-state index contributed by atoms with van der Waals surface area (Å²) in [5.74, 6) is 0.866. The number of benzene rings is 3. The van der Waals surface area contributed by atoms with Gasteiger partial charge in [-0.2, -0.15) is 5.10 Å². The number of anilines is 2. The molecule has 0 spiro atoms. The summed E-state index contributed by atoms with van der Waals surface area (Å²) in [4.78, 5) is 28.0. The van der Waals surface area contributed by atoms with E-state index in [-0.39, 0.29) is 17.2 Å². The number of aromatic nitrogens is 2. The van der Waals surface area contributed by atoms with Crippen LogP contribution in [0, 0.1) is 0 Å². The Kier molecular flexibility index (Phi) is 7.05. The van der Waals surface area contributed by atoms with Crippen LogP contribution in [0.25, 0.3) is 0 Å². The SMILES string of the molecule is O=C(c1ccc(Nc2c(Oc3ccccc3)cnn(Cc3ccccc3)c2=O)cc1)N1CCOCC1. The molecule has 1 aliphatic rings.